The molecule has 0 aliphatic carbocycles. The normalized spacial score (nSPS) is 15.5. The van der Waals surface area contributed by atoms with Crippen LogP contribution in [-0.2, 0) is 22.6 Å². The Balaban J connectivity index is 1.22. The second-order valence-corrected chi connectivity index (χ2v) is 17.2. The molecule has 1 amide bonds. The van der Waals surface area contributed by atoms with E-state index in [2.05, 4.69) is 34.8 Å². The number of aromatic nitrogens is 6. The molecule has 1 unspecified atom stereocenters. The average Bonchev–Trinajstić information content (AvgIpc) is 3.69. The Kier molecular flexibility index (Phi) is 7.56. The van der Waals surface area contributed by atoms with Gasteiger partial charge in [-0.15, -0.1) is 5.10 Å². The predicted octanol–water partition coefficient (Wildman–Crippen LogP) is 5.67. The van der Waals surface area contributed by atoms with Crippen LogP contribution in [0.5, 0.6) is 0 Å². The molecule has 1 fully saturated rings. The third-order valence-corrected chi connectivity index (χ3v) is 8.86. The first-order valence-electron chi connectivity index (χ1n) is 13.9. The quantitative estimate of drug-likeness (QED) is 0.154. The van der Waals surface area contributed by atoms with Crippen LogP contribution in [0.15, 0.2) is 73.3 Å². The largest absolute Gasteiger partial charge is 0.447 e. The monoisotopic (exact) mass is 585 g/mol. The number of hydrogen-bond acceptors (Lipinski definition) is 7. The van der Waals surface area contributed by atoms with Gasteiger partial charge >= 0.3 is 6.09 Å². The molecule has 10 nitrogen and oxygen atoms in total. The van der Waals surface area contributed by atoms with Crippen molar-refractivity contribution in [1.29, 1.82) is 0 Å². The van der Waals surface area contributed by atoms with Gasteiger partial charge in [-0.25, -0.2) is 28.4 Å². The summed E-state index contributed by atoms with van der Waals surface area (Å²) in [6.07, 6.45) is 5.10. The molecule has 0 bridgehead atoms. The number of rotatable bonds is 10. The minimum Gasteiger partial charge on any atom is -0.447 e. The molecule has 6 rings (SSSR count). The third kappa shape index (κ3) is 5.95. The highest BCUT2D eigenvalue weighted by Crippen LogP contribution is 2.30. The second-order valence-electron chi connectivity index (χ2n) is 11.6. The lowest BCUT2D eigenvalue weighted by Crippen LogP contribution is -2.35. The van der Waals surface area contributed by atoms with Crippen LogP contribution in [0.4, 0.5) is 15.0 Å². The number of anilines is 1. The van der Waals surface area contributed by atoms with Gasteiger partial charge in [-0.3, -0.25) is 4.90 Å². The van der Waals surface area contributed by atoms with Crippen molar-refractivity contribution >= 4 is 25.6 Å². The number of fused-ring (bicyclic) bond motifs is 1. The van der Waals surface area contributed by atoms with Gasteiger partial charge in [0.15, 0.2) is 11.5 Å². The molecule has 216 valence electrons. The highest BCUT2D eigenvalue weighted by molar-refractivity contribution is 6.76. The van der Waals surface area contributed by atoms with E-state index in [1.807, 2.05) is 30.3 Å². The van der Waals surface area contributed by atoms with E-state index in [1.54, 1.807) is 51.0 Å². The summed E-state index contributed by atoms with van der Waals surface area (Å²) in [5, 5.41) is 8.78. The summed E-state index contributed by atoms with van der Waals surface area (Å²) in [6, 6.07) is 17.4. The summed E-state index contributed by atoms with van der Waals surface area (Å²) in [5.41, 5.74) is 3.10. The molecule has 0 radical (unpaired) electrons. The Bertz CT molecular complexity index is 1720. The van der Waals surface area contributed by atoms with Crippen molar-refractivity contribution in [2.24, 2.45) is 0 Å². The minimum atomic E-state index is -1.18. The summed E-state index contributed by atoms with van der Waals surface area (Å²) in [6.45, 7) is 8.09. The van der Waals surface area contributed by atoms with Crippen LogP contribution in [-0.4, -0.2) is 62.8 Å². The number of cyclic esters (lactones) is 1. The fourth-order valence-corrected chi connectivity index (χ4v) is 5.61. The van der Waals surface area contributed by atoms with E-state index < -0.39 is 20.0 Å². The van der Waals surface area contributed by atoms with E-state index in [0.29, 0.717) is 35.6 Å². The van der Waals surface area contributed by atoms with Gasteiger partial charge in [-0.05, 0) is 41.8 Å². The molecule has 0 saturated carbocycles. The van der Waals surface area contributed by atoms with Gasteiger partial charge in [0, 0.05) is 26.4 Å². The standard InChI is InChI=1S/C30H32FN7O3Si/c1-42(2,3)14-13-40-20-36-19-32-28(35-36)24-10-9-22(16-26(24)31)25-17-33-37-12-11-27(34-29(25)37)38-23(18-41-30(38)39)15-21-7-5-4-6-8-21/h4-12,16-17,19,23H,13-15,18,20H2,1-3H3. The number of carbonyl (C=O) groups is 1. The number of halogens is 1. The lowest BCUT2D eigenvalue weighted by molar-refractivity contribution is 0.0784. The molecular formula is C30H32FN7O3Si. The van der Waals surface area contributed by atoms with Crippen molar-refractivity contribution in [1.82, 2.24) is 29.4 Å². The number of hydrogen-bond donors (Lipinski definition) is 0. The van der Waals surface area contributed by atoms with Crippen molar-refractivity contribution in [3.05, 3.63) is 84.7 Å². The average molecular weight is 586 g/mol. The minimum absolute atomic E-state index is 0.198. The van der Waals surface area contributed by atoms with Crippen LogP contribution in [0.1, 0.15) is 5.56 Å². The zero-order valence-electron chi connectivity index (χ0n) is 23.8. The Hall–Kier alpha value is -4.42. The van der Waals surface area contributed by atoms with Crippen molar-refractivity contribution in [3.63, 3.8) is 0 Å². The molecule has 0 N–H and O–H groups in total. The summed E-state index contributed by atoms with van der Waals surface area (Å²) in [5.74, 6) is 0.267. The van der Waals surface area contributed by atoms with Gasteiger partial charge in [0.1, 0.15) is 31.3 Å². The maximum Gasteiger partial charge on any atom is 0.415 e. The van der Waals surface area contributed by atoms with E-state index in [1.165, 1.54) is 6.07 Å². The Morgan fingerprint density at radius 2 is 1.93 bits per heavy atom. The molecule has 12 heteroatoms. The van der Waals surface area contributed by atoms with Crippen LogP contribution >= 0.6 is 0 Å². The first kappa shape index (κ1) is 27.7. The van der Waals surface area contributed by atoms with Crippen LogP contribution < -0.4 is 4.90 Å². The molecule has 2 aromatic carbocycles. The van der Waals surface area contributed by atoms with Crippen LogP contribution in [0.3, 0.4) is 0 Å². The molecular weight excluding hydrogens is 553 g/mol. The van der Waals surface area contributed by atoms with E-state index in [0.717, 1.165) is 11.6 Å². The highest BCUT2D eigenvalue weighted by Gasteiger charge is 2.35. The van der Waals surface area contributed by atoms with Gasteiger partial charge in [0.2, 0.25) is 0 Å². The van der Waals surface area contributed by atoms with Gasteiger partial charge < -0.3 is 9.47 Å². The highest BCUT2D eigenvalue weighted by atomic mass is 28.3. The smallest absolute Gasteiger partial charge is 0.415 e. The van der Waals surface area contributed by atoms with Crippen LogP contribution in [0, 0.1) is 5.82 Å². The zero-order chi connectivity index (χ0) is 29.3. The summed E-state index contributed by atoms with van der Waals surface area (Å²) < 4.78 is 29.7. The predicted molar refractivity (Wildman–Crippen MR) is 159 cm³/mol. The van der Waals surface area contributed by atoms with Crippen molar-refractivity contribution in [2.45, 2.75) is 44.9 Å². The zero-order valence-corrected chi connectivity index (χ0v) is 24.8. The van der Waals surface area contributed by atoms with Gasteiger partial charge in [0.25, 0.3) is 0 Å². The van der Waals surface area contributed by atoms with Crippen LogP contribution in [0.2, 0.25) is 25.7 Å². The van der Waals surface area contributed by atoms with E-state index in [4.69, 9.17) is 14.5 Å². The summed E-state index contributed by atoms with van der Waals surface area (Å²) >= 11 is 0. The molecule has 0 spiro atoms. The summed E-state index contributed by atoms with van der Waals surface area (Å²) in [4.78, 5) is 23.3. The first-order valence-corrected chi connectivity index (χ1v) is 17.6. The molecule has 1 aliphatic heterocycles. The Morgan fingerprint density at radius 1 is 1.10 bits per heavy atom. The Labute approximate surface area is 243 Å². The topological polar surface area (TPSA) is 99.7 Å². The second kappa shape index (κ2) is 11.5. The summed E-state index contributed by atoms with van der Waals surface area (Å²) in [7, 11) is -1.18. The number of amides is 1. The maximum atomic E-state index is 15.4. The van der Waals surface area contributed by atoms with Gasteiger partial charge in [0.05, 0.1) is 17.8 Å². The number of ether oxygens (including phenoxy) is 2. The number of carbonyl (C=O) groups excluding carboxylic acids is 1. The first-order chi connectivity index (χ1) is 20.2. The maximum absolute atomic E-state index is 15.4. The molecule has 4 heterocycles. The van der Waals surface area contributed by atoms with Crippen molar-refractivity contribution < 1.29 is 18.7 Å². The molecule has 42 heavy (non-hydrogen) atoms. The van der Waals surface area contributed by atoms with Gasteiger partial charge in [-0.2, -0.15) is 5.10 Å². The fourth-order valence-electron chi connectivity index (χ4n) is 4.86. The van der Waals surface area contributed by atoms with Crippen molar-refractivity contribution in [2.75, 3.05) is 18.1 Å². The van der Waals surface area contributed by atoms with Crippen molar-refractivity contribution in [3.8, 4) is 22.5 Å². The Morgan fingerprint density at radius 3 is 2.71 bits per heavy atom. The van der Waals surface area contributed by atoms with E-state index >= 15 is 4.39 Å². The third-order valence-electron chi connectivity index (χ3n) is 7.15. The fraction of sp³-hybridized carbons (Fsp3) is 0.300. The van der Waals surface area contributed by atoms with E-state index in [-0.39, 0.29) is 30.8 Å². The van der Waals surface area contributed by atoms with Crippen LogP contribution in [0.25, 0.3) is 28.2 Å². The van der Waals surface area contributed by atoms with E-state index in [9.17, 15) is 4.79 Å². The molecule has 5 aromatic rings. The molecule has 1 saturated heterocycles. The van der Waals surface area contributed by atoms with Gasteiger partial charge in [-0.1, -0.05) is 56.0 Å². The lowest BCUT2D eigenvalue weighted by atomic mass is 10.1. The number of nitrogens with zero attached hydrogens (tertiary/aromatic N) is 7. The molecule has 3 aromatic heterocycles. The molecule has 1 atom stereocenters. The lowest BCUT2D eigenvalue weighted by Gasteiger charge is -2.20. The number of benzene rings is 2. The molecule has 1 aliphatic rings. The SMILES string of the molecule is C[Si](C)(C)CCOCn1cnc(-c2ccc(-c3cnn4ccc(N5C(=O)OCC5Cc5ccccc5)nc34)cc2F)n1.